The molecule has 138 valence electrons. The molecule has 0 aromatic heterocycles. The van der Waals surface area contributed by atoms with Gasteiger partial charge in [0.25, 0.3) is 5.91 Å². The van der Waals surface area contributed by atoms with Crippen molar-refractivity contribution >= 4 is 85.8 Å². The minimum atomic E-state index is -1.03. The Morgan fingerprint density at radius 3 is 2.52 bits per heavy atom. The minimum Gasteiger partial charge on any atom is -0.480 e. The van der Waals surface area contributed by atoms with E-state index in [0.717, 1.165) is 18.4 Å². The first-order valence-electron chi connectivity index (χ1n) is 7.60. The normalized spacial score (nSPS) is 16.6. The highest BCUT2D eigenvalue weighted by atomic mass is 127. The third-order valence-electron chi connectivity index (χ3n) is 3.30. The number of amidine groups is 1. The first-order valence-corrected chi connectivity index (χ1v) is 10.6. The van der Waals surface area contributed by atoms with Crippen LogP contribution in [0, 0.1) is 7.14 Å². The van der Waals surface area contributed by atoms with Crippen LogP contribution in [0.3, 0.4) is 0 Å². The zero-order valence-electron chi connectivity index (χ0n) is 13.6. The molecule has 2 aromatic carbocycles. The van der Waals surface area contributed by atoms with Crippen molar-refractivity contribution in [1.82, 2.24) is 5.32 Å². The lowest BCUT2D eigenvalue weighted by molar-refractivity contribution is -0.139. The molecule has 6 nitrogen and oxygen atoms in total. The number of halogens is 2. The van der Waals surface area contributed by atoms with Crippen LogP contribution >= 0.6 is 56.9 Å². The predicted molar refractivity (Wildman–Crippen MR) is 122 cm³/mol. The van der Waals surface area contributed by atoms with E-state index in [1.54, 1.807) is 6.08 Å². The van der Waals surface area contributed by atoms with Crippen molar-refractivity contribution in [3.8, 4) is 5.75 Å². The van der Waals surface area contributed by atoms with Crippen LogP contribution in [-0.4, -0.2) is 28.8 Å². The molecule has 2 aromatic rings. The Hall–Kier alpha value is -1.60. The number of nitrogens with zero attached hydrogens (tertiary/aromatic N) is 1. The first kappa shape index (κ1) is 20.1. The number of ether oxygens (including phenoxy) is 1. The lowest BCUT2D eigenvalue weighted by Crippen LogP contribution is -2.19. The number of amides is 1. The number of nitrogens with one attached hydrogen (secondary N) is 1. The summed E-state index contributed by atoms with van der Waals surface area (Å²) in [4.78, 5) is 27.9. The van der Waals surface area contributed by atoms with Gasteiger partial charge in [0.2, 0.25) is 0 Å². The van der Waals surface area contributed by atoms with Gasteiger partial charge in [-0.15, -0.1) is 0 Å². The highest BCUT2D eigenvalue weighted by molar-refractivity contribution is 14.1. The van der Waals surface area contributed by atoms with Gasteiger partial charge >= 0.3 is 5.97 Å². The fourth-order valence-electron chi connectivity index (χ4n) is 2.19. The molecule has 1 fully saturated rings. The average molecular weight is 606 g/mol. The predicted octanol–water partition coefficient (Wildman–Crippen LogP) is 4.25. The molecule has 1 aliphatic heterocycles. The van der Waals surface area contributed by atoms with E-state index in [9.17, 15) is 9.59 Å². The Bertz CT molecular complexity index is 938. The quantitative estimate of drug-likeness (QED) is 0.393. The molecular weight excluding hydrogens is 594 g/mol. The first-order chi connectivity index (χ1) is 12.9. The number of aliphatic carboxylic acids is 1. The van der Waals surface area contributed by atoms with Gasteiger partial charge in [-0.25, -0.2) is 9.79 Å². The van der Waals surface area contributed by atoms with Gasteiger partial charge in [0, 0.05) is 0 Å². The number of carboxylic acids is 1. The lowest BCUT2D eigenvalue weighted by atomic mass is 10.2. The maximum Gasteiger partial charge on any atom is 0.341 e. The highest BCUT2D eigenvalue weighted by Gasteiger charge is 2.24. The molecule has 3 rings (SSSR count). The molecule has 0 bridgehead atoms. The van der Waals surface area contributed by atoms with Crippen LogP contribution in [0.5, 0.6) is 5.75 Å². The second-order valence-electron chi connectivity index (χ2n) is 5.31. The number of rotatable bonds is 5. The Labute approximate surface area is 186 Å². The number of para-hydroxylation sites is 1. The Balaban J connectivity index is 1.81. The van der Waals surface area contributed by atoms with Crippen LogP contribution in [0.25, 0.3) is 6.08 Å². The molecule has 2 N–H and O–H groups in total. The molecule has 27 heavy (non-hydrogen) atoms. The van der Waals surface area contributed by atoms with Gasteiger partial charge in [-0.05, 0) is 92.8 Å². The Kier molecular flexibility index (Phi) is 6.76. The van der Waals surface area contributed by atoms with Crippen molar-refractivity contribution in [2.24, 2.45) is 4.99 Å². The van der Waals surface area contributed by atoms with Crippen LogP contribution in [0.15, 0.2) is 52.4 Å². The summed E-state index contributed by atoms with van der Waals surface area (Å²) in [6.45, 7) is -0.399. The molecule has 1 amide bonds. The number of thioether (sulfide) groups is 1. The van der Waals surface area contributed by atoms with E-state index in [-0.39, 0.29) is 5.91 Å². The molecule has 0 atom stereocenters. The molecule has 0 radical (unpaired) electrons. The van der Waals surface area contributed by atoms with Crippen LogP contribution in [-0.2, 0) is 9.59 Å². The molecule has 1 heterocycles. The van der Waals surface area contributed by atoms with E-state index in [1.807, 2.05) is 42.5 Å². The fraction of sp³-hybridized carbons (Fsp3) is 0.0556. The van der Waals surface area contributed by atoms with Gasteiger partial charge in [0.05, 0.1) is 17.7 Å². The van der Waals surface area contributed by atoms with E-state index < -0.39 is 12.6 Å². The summed E-state index contributed by atoms with van der Waals surface area (Å²) in [5.74, 6) is -0.710. The number of benzene rings is 2. The third-order valence-corrected chi connectivity index (χ3v) is 5.81. The summed E-state index contributed by atoms with van der Waals surface area (Å²) in [7, 11) is 0. The van der Waals surface area contributed by atoms with Crippen molar-refractivity contribution in [2.75, 3.05) is 6.61 Å². The summed E-state index contributed by atoms with van der Waals surface area (Å²) in [6, 6.07) is 13.1. The third kappa shape index (κ3) is 5.45. The van der Waals surface area contributed by atoms with E-state index in [1.165, 1.54) is 11.8 Å². The number of aliphatic imine (C=N–C) groups is 1. The van der Waals surface area contributed by atoms with Crippen LogP contribution in [0.4, 0.5) is 5.69 Å². The van der Waals surface area contributed by atoms with Crippen molar-refractivity contribution in [1.29, 1.82) is 0 Å². The fourth-order valence-corrected chi connectivity index (χ4v) is 5.16. The van der Waals surface area contributed by atoms with Gasteiger partial charge < -0.3 is 15.2 Å². The van der Waals surface area contributed by atoms with Crippen molar-refractivity contribution < 1.29 is 19.4 Å². The second kappa shape index (κ2) is 9.06. The second-order valence-corrected chi connectivity index (χ2v) is 8.67. The standard InChI is InChI=1S/C18H12I2N2O4S/c19-12-6-10(7-13(20)16(12)26-9-15(23)24)8-14-17(25)22-18(27-14)21-11-4-2-1-3-5-11/h1-8H,9H2,(H,23,24)(H,21,22,25)/b14-8-. The Morgan fingerprint density at radius 1 is 1.22 bits per heavy atom. The largest absolute Gasteiger partial charge is 0.480 e. The number of hydrogen-bond acceptors (Lipinski definition) is 5. The van der Waals surface area contributed by atoms with E-state index in [2.05, 4.69) is 55.5 Å². The molecule has 1 aliphatic rings. The molecule has 0 saturated carbocycles. The minimum absolute atomic E-state index is 0.203. The summed E-state index contributed by atoms with van der Waals surface area (Å²) in [5, 5.41) is 12.1. The molecule has 9 heteroatoms. The molecular formula is C18H12I2N2O4S. The summed E-state index contributed by atoms with van der Waals surface area (Å²) >= 11 is 5.45. The summed E-state index contributed by atoms with van der Waals surface area (Å²) in [5.41, 5.74) is 1.59. The van der Waals surface area contributed by atoms with Crippen molar-refractivity contribution in [3.05, 3.63) is 60.1 Å². The highest BCUT2D eigenvalue weighted by Crippen LogP contribution is 2.32. The van der Waals surface area contributed by atoms with E-state index in [4.69, 9.17) is 9.84 Å². The molecule has 0 spiro atoms. The topological polar surface area (TPSA) is 88.0 Å². The average Bonchev–Trinajstić information content (AvgIpc) is 2.94. The van der Waals surface area contributed by atoms with Gasteiger partial charge in [0.1, 0.15) is 5.75 Å². The number of hydrogen-bond donors (Lipinski definition) is 2. The monoisotopic (exact) mass is 606 g/mol. The van der Waals surface area contributed by atoms with Crippen LogP contribution in [0.1, 0.15) is 5.56 Å². The van der Waals surface area contributed by atoms with Gasteiger partial charge in [0.15, 0.2) is 11.8 Å². The number of carbonyl (C=O) groups excluding carboxylic acids is 1. The lowest BCUT2D eigenvalue weighted by Gasteiger charge is -2.09. The van der Waals surface area contributed by atoms with Crippen LogP contribution < -0.4 is 10.1 Å². The number of carboxylic acid groups (broad SMARTS) is 1. The molecule has 0 unspecified atom stereocenters. The summed E-state index contributed by atoms with van der Waals surface area (Å²) < 4.78 is 6.86. The maximum atomic E-state index is 12.2. The summed E-state index contributed by atoms with van der Waals surface area (Å²) in [6.07, 6.45) is 1.78. The number of carbonyl (C=O) groups is 2. The van der Waals surface area contributed by atoms with E-state index in [0.29, 0.717) is 15.8 Å². The molecule has 0 aliphatic carbocycles. The smallest absolute Gasteiger partial charge is 0.341 e. The van der Waals surface area contributed by atoms with Crippen LogP contribution in [0.2, 0.25) is 0 Å². The van der Waals surface area contributed by atoms with Crippen molar-refractivity contribution in [2.45, 2.75) is 0 Å². The van der Waals surface area contributed by atoms with Gasteiger partial charge in [-0.1, -0.05) is 18.2 Å². The Morgan fingerprint density at radius 2 is 1.89 bits per heavy atom. The SMILES string of the molecule is O=C(O)COc1c(I)cc(/C=C2\SC(=Nc3ccccc3)NC2=O)cc1I. The van der Waals surface area contributed by atoms with Gasteiger partial charge in [-0.3, -0.25) is 4.79 Å². The zero-order valence-corrected chi connectivity index (χ0v) is 18.7. The molecule has 1 saturated heterocycles. The van der Waals surface area contributed by atoms with Crippen molar-refractivity contribution in [3.63, 3.8) is 0 Å². The zero-order chi connectivity index (χ0) is 19.4. The van der Waals surface area contributed by atoms with Gasteiger partial charge in [-0.2, -0.15) is 0 Å². The maximum absolute atomic E-state index is 12.2. The van der Waals surface area contributed by atoms with E-state index >= 15 is 0 Å².